The van der Waals surface area contributed by atoms with E-state index in [-0.39, 0.29) is 0 Å². The molecule has 9 heteroatoms. The Morgan fingerprint density at radius 1 is 1.22 bits per heavy atom. The molecule has 0 spiro atoms. The van der Waals surface area contributed by atoms with Crippen molar-refractivity contribution in [3.05, 3.63) is 57.7 Å². The topological polar surface area (TPSA) is 46.0 Å². The summed E-state index contributed by atoms with van der Waals surface area (Å²) in [5.74, 6) is 0.549. The van der Waals surface area contributed by atoms with Gasteiger partial charge in [0.1, 0.15) is 0 Å². The standard InChI is InChI=1S/C14H9F3N4S2/c15-14(16,17)10-5-3-9(4-6-10)8-18-21-12(19-20-13(21)22)11-2-1-7-23-11/h1-8H,(H,20,22)/b18-8+. The highest BCUT2D eigenvalue weighted by Crippen LogP contribution is 2.29. The molecule has 0 aliphatic rings. The van der Waals surface area contributed by atoms with Crippen molar-refractivity contribution >= 4 is 29.8 Å². The molecular weight excluding hydrogens is 345 g/mol. The Bertz CT molecular complexity index is 874. The van der Waals surface area contributed by atoms with Gasteiger partial charge in [-0.15, -0.1) is 11.3 Å². The molecule has 0 bridgehead atoms. The first-order valence-corrected chi connectivity index (χ1v) is 7.67. The van der Waals surface area contributed by atoms with E-state index in [1.165, 1.54) is 34.4 Å². The fraction of sp³-hybridized carbons (Fsp3) is 0.0714. The largest absolute Gasteiger partial charge is 0.416 e. The lowest BCUT2D eigenvalue weighted by Gasteiger charge is -2.05. The summed E-state index contributed by atoms with van der Waals surface area (Å²) in [6.07, 6.45) is -2.92. The van der Waals surface area contributed by atoms with E-state index < -0.39 is 11.7 Å². The van der Waals surface area contributed by atoms with Crippen LogP contribution in [-0.2, 0) is 6.18 Å². The molecule has 0 radical (unpaired) electrons. The average Bonchev–Trinajstić information content (AvgIpc) is 3.14. The Hall–Kier alpha value is -2.26. The van der Waals surface area contributed by atoms with E-state index in [0.29, 0.717) is 16.2 Å². The summed E-state index contributed by atoms with van der Waals surface area (Å²) in [5.41, 5.74) is -0.174. The summed E-state index contributed by atoms with van der Waals surface area (Å²) in [5, 5.41) is 12.9. The fourth-order valence-electron chi connectivity index (χ4n) is 1.85. The van der Waals surface area contributed by atoms with Crippen LogP contribution in [0.15, 0.2) is 46.9 Å². The van der Waals surface area contributed by atoms with Crippen molar-refractivity contribution in [2.24, 2.45) is 5.10 Å². The third kappa shape index (κ3) is 3.40. The molecule has 1 N–H and O–H groups in total. The van der Waals surface area contributed by atoms with Crippen molar-refractivity contribution in [1.29, 1.82) is 0 Å². The molecule has 0 saturated heterocycles. The average molecular weight is 354 g/mol. The zero-order chi connectivity index (χ0) is 16.4. The van der Waals surface area contributed by atoms with Gasteiger partial charge in [-0.3, -0.25) is 0 Å². The molecule has 0 saturated carbocycles. The predicted octanol–water partition coefficient (Wildman–Crippen LogP) is 4.57. The van der Waals surface area contributed by atoms with Crippen LogP contribution in [-0.4, -0.2) is 21.1 Å². The number of thiophene rings is 1. The summed E-state index contributed by atoms with van der Waals surface area (Å²) in [6, 6.07) is 8.47. The SMILES string of the molecule is FC(F)(F)c1ccc(/C=N/n2c(-c3cccs3)n[nH]c2=S)cc1. The van der Waals surface area contributed by atoms with Gasteiger partial charge < -0.3 is 0 Å². The van der Waals surface area contributed by atoms with Crippen molar-refractivity contribution in [3.8, 4) is 10.7 Å². The molecule has 3 aromatic rings. The van der Waals surface area contributed by atoms with Crippen LogP contribution in [0.3, 0.4) is 0 Å². The van der Waals surface area contributed by atoms with E-state index in [4.69, 9.17) is 12.2 Å². The quantitative estimate of drug-likeness (QED) is 0.553. The lowest BCUT2D eigenvalue weighted by molar-refractivity contribution is -0.137. The number of aromatic amines is 1. The minimum absolute atomic E-state index is 0.302. The second-order valence-electron chi connectivity index (χ2n) is 4.51. The second-order valence-corrected chi connectivity index (χ2v) is 5.84. The molecule has 0 amide bonds. The molecule has 0 fully saturated rings. The lowest BCUT2D eigenvalue weighted by Crippen LogP contribution is -2.04. The van der Waals surface area contributed by atoms with Crippen molar-refractivity contribution < 1.29 is 13.2 Å². The Morgan fingerprint density at radius 3 is 2.57 bits per heavy atom. The van der Waals surface area contributed by atoms with E-state index in [1.54, 1.807) is 0 Å². The summed E-state index contributed by atoms with van der Waals surface area (Å²) < 4.78 is 39.3. The molecule has 0 aliphatic heterocycles. The molecule has 118 valence electrons. The van der Waals surface area contributed by atoms with Gasteiger partial charge in [-0.2, -0.15) is 28.0 Å². The van der Waals surface area contributed by atoms with Gasteiger partial charge in [0.2, 0.25) is 4.77 Å². The number of benzene rings is 1. The maximum Gasteiger partial charge on any atom is 0.416 e. The van der Waals surface area contributed by atoms with Crippen LogP contribution in [0.5, 0.6) is 0 Å². The van der Waals surface area contributed by atoms with Gasteiger partial charge in [-0.25, -0.2) is 5.10 Å². The van der Waals surface area contributed by atoms with E-state index in [1.807, 2.05) is 17.5 Å². The maximum atomic E-state index is 12.5. The number of nitrogens with one attached hydrogen (secondary N) is 1. The Labute approximate surface area is 137 Å². The van der Waals surface area contributed by atoms with Gasteiger partial charge in [0.25, 0.3) is 0 Å². The molecule has 2 heterocycles. The third-order valence-corrected chi connectivity index (χ3v) is 4.08. The van der Waals surface area contributed by atoms with Crippen molar-refractivity contribution in [1.82, 2.24) is 14.9 Å². The van der Waals surface area contributed by atoms with Crippen LogP contribution in [0.25, 0.3) is 10.7 Å². The number of halogens is 3. The van der Waals surface area contributed by atoms with Crippen LogP contribution < -0.4 is 0 Å². The Balaban J connectivity index is 1.89. The summed E-state index contributed by atoms with van der Waals surface area (Å²) >= 11 is 6.60. The third-order valence-electron chi connectivity index (χ3n) is 2.95. The molecule has 0 atom stereocenters. The number of nitrogens with zero attached hydrogens (tertiary/aromatic N) is 3. The van der Waals surface area contributed by atoms with Gasteiger partial charge >= 0.3 is 6.18 Å². The van der Waals surface area contributed by atoms with E-state index >= 15 is 0 Å². The molecular formula is C14H9F3N4S2. The number of hydrogen-bond acceptors (Lipinski definition) is 4. The number of H-pyrrole nitrogens is 1. The zero-order valence-corrected chi connectivity index (χ0v) is 13.0. The highest BCUT2D eigenvalue weighted by molar-refractivity contribution is 7.71. The summed E-state index contributed by atoms with van der Waals surface area (Å²) in [7, 11) is 0. The van der Waals surface area contributed by atoms with Crippen LogP contribution in [0.4, 0.5) is 13.2 Å². The first-order chi connectivity index (χ1) is 10.9. The second kappa shape index (κ2) is 6.09. The van der Waals surface area contributed by atoms with Crippen molar-refractivity contribution in [2.45, 2.75) is 6.18 Å². The van der Waals surface area contributed by atoms with Crippen LogP contribution in [0.2, 0.25) is 0 Å². The number of aromatic nitrogens is 3. The molecule has 2 aromatic heterocycles. The predicted molar refractivity (Wildman–Crippen MR) is 85.2 cm³/mol. The van der Waals surface area contributed by atoms with Crippen LogP contribution >= 0.6 is 23.6 Å². The highest BCUT2D eigenvalue weighted by Gasteiger charge is 2.29. The first-order valence-electron chi connectivity index (χ1n) is 6.38. The number of alkyl halides is 3. The van der Waals surface area contributed by atoms with Gasteiger partial charge in [-0.05, 0) is 41.4 Å². The zero-order valence-electron chi connectivity index (χ0n) is 11.4. The smallest absolute Gasteiger partial charge is 0.250 e. The Kier molecular flexibility index (Phi) is 4.14. The molecule has 3 rings (SSSR count). The fourth-order valence-corrected chi connectivity index (χ4v) is 2.72. The van der Waals surface area contributed by atoms with Gasteiger partial charge in [0, 0.05) is 0 Å². The van der Waals surface area contributed by atoms with Crippen LogP contribution in [0.1, 0.15) is 11.1 Å². The van der Waals surface area contributed by atoms with E-state index in [0.717, 1.165) is 17.0 Å². The minimum Gasteiger partial charge on any atom is -0.250 e. The van der Waals surface area contributed by atoms with Crippen molar-refractivity contribution in [3.63, 3.8) is 0 Å². The molecule has 4 nitrogen and oxygen atoms in total. The number of hydrogen-bond donors (Lipinski definition) is 1. The normalized spacial score (nSPS) is 12.1. The molecule has 1 aromatic carbocycles. The van der Waals surface area contributed by atoms with Gasteiger partial charge in [0.15, 0.2) is 5.82 Å². The monoisotopic (exact) mass is 354 g/mol. The van der Waals surface area contributed by atoms with Gasteiger partial charge in [0.05, 0.1) is 16.7 Å². The van der Waals surface area contributed by atoms with E-state index in [9.17, 15) is 13.2 Å². The maximum absolute atomic E-state index is 12.5. The lowest BCUT2D eigenvalue weighted by atomic mass is 10.1. The molecule has 23 heavy (non-hydrogen) atoms. The Morgan fingerprint density at radius 2 is 1.96 bits per heavy atom. The summed E-state index contributed by atoms with van der Waals surface area (Å²) in [6.45, 7) is 0. The minimum atomic E-state index is -4.35. The van der Waals surface area contributed by atoms with Gasteiger partial charge in [-0.1, -0.05) is 18.2 Å². The summed E-state index contributed by atoms with van der Waals surface area (Å²) in [4.78, 5) is 0.877. The number of rotatable bonds is 3. The highest BCUT2D eigenvalue weighted by atomic mass is 32.1. The van der Waals surface area contributed by atoms with Crippen molar-refractivity contribution in [2.75, 3.05) is 0 Å². The van der Waals surface area contributed by atoms with Crippen LogP contribution in [0, 0.1) is 4.77 Å². The van der Waals surface area contributed by atoms with E-state index in [2.05, 4.69) is 15.3 Å². The molecule has 0 aliphatic carbocycles. The first kappa shape index (κ1) is 15.6. The molecule has 0 unspecified atom stereocenters.